The largest absolute Gasteiger partial charge is 0.328 e. The molecule has 2 unspecified atom stereocenters. The number of halogens is 2. The molecule has 6 nitrogen and oxygen atoms in total. The summed E-state index contributed by atoms with van der Waals surface area (Å²) in [4.78, 5) is 0. The standard InChI is InChI=1S/C11H19ClN4O2S.ClH/c1-8(13)9-4-3-5-16(7-9)19(17,18)11-10(12)6-14-15(11)2;/h6,8-9H,3-5,7,13H2,1-2H3;1H. The Balaban J connectivity index is 0.00000200. The van der Waals surface area contributed by atoms with Gasteiger partial charge in [0.1, 0.15) is 0 Å². The Morgan fingerprint density at radius 1 is 1.55 bits per heavy atom. The normalized spacial score (nSPS) is 22.3. The van der Waals surface area contributed by atoms with Crippen molar-refractivity contribution < 1.29 is 8.42 Å². The molecule has 2 heterocycles. The molecule has 1 saturated heterocycles. The first-order chi connectivity index (χ1) is 8.84. The van der Waals surface area contributed by atoms with Crippen molar-refractivity contribution >= 4 is 34.0 Å². The Kier molecular flexibility index (Phi) is 5.86. The highest BCUT2D eigenvalue weighted by Gasteiger charge is 2.34. The Bertz CT molecular complexity index is 539. The molecule has 2 atom stereocenters. The maximum absolute atomic E-state index is 12.6. The topological polar surface area (TPSA) is 81.2 Å². The first-order valence-electron chi connectivity index (χ1n) is 6.27. The third-order valence-electron chi connectivity index (χ3n) is 3.59. The summed E-state index contributed by atoms with van der Waals surface area (Å²) in [7, 11) is -2.03. The zero-order valence-corrected chi connectivity index (χ0v) is 13.9. The van der Waals surface area contributed by atoms with Crippen LogP contribution in [0.4, 0.5) is 0 Å². The van der Waals surface area contributed by atoms with Gasteiger partial charge in [-0.15, -0.1) is 12.4 Å². The summed E-state index contributed by atoms with van der Waals surface area (Å²) in [5.74, 6) is 0.190. The van der Waals surface area contributed by atoms with E-state index in [9.17, 15) is 8.42 Å². The zero-order chi connectivity index (χ0) is 14.2. The van der Waals surface area contributed by atoms with Crippen LogP contribution in [0.25, 0.3) is 0 Å². The molecule has 0 aliphatic carbocycles. The van der Waals surface area contributed by atoms with Gasteiger partial charge in [-0.1, -0.05) is 11.6 Å². The molecule has 1 aromatic heterocycles. The van der Waals surface area contributed by atoms with E-state index in [4.69, 9.17) is 17.3 Å². The van der Waals surface area contributed by atoms with Crippen LogP contribution in [0.3, 0.4) is 0 Å². The van der Waals surface area contributed by atoms with Crippen LogP contribution in [0.2, 0.25) is 5.02 Å². The molecule has 1 aliphatic heterocycles. The summed E-state index contributed by atoms with van der Waals surface area (Å²) in [6.07, 6.45) is 3.13. The van der Waals surface area contributed by atoms with E-state index < -0.39 is 10.0 Å². The molecule has 2 N–H and O–H groups in total. The predicted octanol–water partition coefficient (Wildman–Crippen LogP) is 1.24. The monoisotopic (exact) mass is 342 g/mol. The molecule has 0 saturated carbocycles. The van der Waals surface area contributed by atoms with Crippen molar-refractivity contribution in [2.45, 2.75) is 30.8 Å². The maximum Gasteiger partial charge on any atom is 0.261 e. The summed E-state index contributed by atoms with van der Waals surface area (Å²) in [5.41, 5.74) is 5.89. The minimum atomic E-state index is -3.60. The van der Waals surface area contributed by atoms with Gasteiger partial charge in [0.25, 0.3) is 10.0 Å². The molecular weight excluding hydrogens is 323 g/mol. The van der Waals surface area contributed by atoms with Gasteiger partial charge in [0.05, 0.1) is 11.2 Å². The third-order valence-corrected chi connectivity index (χ3v) is 5.96. The van der Waals surface area contributed by atoms with Crippen LogP contribution in [0.1, 0.15) is 19.8 Å². The maximum atomic E-state index is 12.6. The number of nitrogens with zero attached hydrogens (tertiary/aromatic N) is 3. The quantitative estimate of drug-likeness (QED) is 0.895. The number of piperidine rings is 1. The van der Waals surface area contributed by atoms with E-state index in [-0.39, 0.29) is 34.4 Å². The number of rotatable bonds is 3. The van der Waals surface area contributed by atoms with Gasteiger partial charge in [-0.3, -0.25) is 4.68 Å². The van der Waals surface area contributed by atoms with Crippen LogP contribution in [-0.2, 0) is 17.1 Å². The molecular formula is C11H20Cl2N4O2S. The zero-order valence-electron chi connectivity index (χ0n) is 11.5. The van der Waals surface area contributed by atoms with E-state index in [1.165, 1.54) is 15.2 Å². The summed E-state index contributed by atoms with van der Waals surface area (Å²) < 4.78 is 28.0. The van der Waals surface area contributed by atoms with Gasteiger partial charge in [-0.25, -0.2) is 8.42 Å². The summed E-state index contributed by atoms with van der Waals surface area (Å²) in [6.45, 7) is 2.87. The Hall–Kier alpha value is -0.340. The van der Waals surface area contributed by atoms with Gasteiger partial charge in [0, 0.05) is 26.2 Å². The molecule has 116 valence electrons. The second-order valence-electron chi connectivity index (χ2n) is 5.05. The molecule has 2 rings (SSSR count). The summed E-state index contributed by atoms with van der Waals surface area (Å²) in [6, 6.07) is -0.0139. The van der Waals surface area contributed by atoms with Gasteiger partial charge in [-0.05, 0) is 25.7 Å². The van der Waals surface area contributed by atoms with Crippen molar-refractivity contribution in [3.63, 3.8) is 0 Å². The van der Waals surface area contributed by atoms with E-state index >= 15 is 0 Å². The third kappa shape index (κ3) is 3.28. The highest BCUT2D eigenvalue weighted by molar-refractivity contribution is 7.89. The van der Waals surface area contributed by atoms with Crippen molar-refractivity contribution in [1.82, 2.24) is 14.1 Å². The second kappa shape index (κ2) is 6.62. The minimum Gasteiger partial charge on any atom is -0.328 e. The first kappa shape index (κ1) is 17.7. The van der Waals surface area contributed by atoms with Crippen LogP contribution in [0, 0.1) is 5.92 Å². The van der Waals surface area contributed by atoms with E-state index in [1.807, 2.05) is 6.92 Å². The molecule has 0 bridgehead atoms. The average molecular weight is 343 g/mol. The van der Waals surface area contributed by atoms with Gasteiger partial charge >= 0.3 is 0 Å². The molecule has 0 spiro atoms. The van der Waals surface area contributed by atoms with Crippen molar-refractivity contribution in [1.29, 1.82) is 0 Å². The van der Waals surface area contributed by atoms with Crippen LogP contribution in [0.15, 0.2) is 11.2 Å². The average Bonchev–Trinajstić information content (AvgIpc) is 2.69. The minimum absolute atomic E-state index is 0. The van der Waals surface area contributed by atoms with Crippen molar-refractivity contribution in [3.8, 4) is 0 Å². The molecule has 9 heteroatoms. The smallest absolute Gasteiger partial charge is 0.261 e. The lowest BCUT2D eigenvalue weighted by Crippen LogP contribution is -2.45. The molecule has 0 radical (unpaired) electrons. The van der Waals surface area contributed by atoms with E-state index in [0.29, 0.717) is 13.1 Å². The van der Waals surface area contributed by atoms with Crippen LogP contribution >= 0.6 is 24.0 Å². The van der Waals surface area contributed by atoms with E-state index in [0.717, 1.165) is 12.8 Å². The summed E-state index contributed by atoms with van der Waals surface area (Å²) in [5, 5.41) is 4.10. The lowest BCUT2D eigenvalue weighted by molar-refractivity contribution is 0.242. The van der Waals surface area contributed by atoms with Crippen LogP contribution < -0.4 is 5.73 Å². The van der Waals surface area contributed by atoms with Crippen molar-refractivity contribution in [2.75, 3.05) is 13.1 Å². The number of hydrogen-bond donors (Lipinski definition) is 1. The van der Waals surface area contributed by atoms with Crippen molar-refractivity contribution in [2.24, 2.45) is 18.7 Å². The van der Waals surface area contributed by atoms with E-state index in [1.54, 1.807) is 7.05 Å². The number of sulfonamides is 1. The Labute approximate surface area is 130 Å². The van der Waals surface area contributed by atoms with Crippen molar-refractivity contribution in [3.05, 3.63) is 11.2 Å². The fourth-order valence-electron chi connectivity index (χ4n) is 2.43. The summed E-state index contributed by atoms with van der Waals surface area (Å²) >= 11 is 5.93. The Morgan fingerprint density at radius 2 is 2.20 bits per heavy atom. The fourth-order valence-corrected chi connectivity index (χ4v) is 4.57. The van der Waals surface area contributed by atoms with Gasteiger partial charge in [0.2, 0.25) is 0 Å². The highest BCUT2D eigenvalue weighted by Crippen LogP contribution is 2.28. The highest BCUT2D eigenvalue weighted by atomic mass is 35.5. The first-order valence-corrected chi connectivity index (χ1v) is 8.09. The number of aromatic nitrogens is 2. The molecule has 1 aliphatic rings. The molecule has 1 aromatic rings. The molecule has 0 aromatic carbocycles. The number of aryl methyl sites for hydroxylation is 1. The molecule has 0 amide bonds. The SMILES string of the molecule is CC(N)C1CCCN(S(=O)(=O)c2c(Cl)cnn2C)C1.Cl. The number of hydrogen-bond acceptors (Lipinski definition) is 4. The predicted molar refractivity (Wildman–Crippen MR) is 80.6 cm³/mol. The molecule has 20 heavy (non-hydrogen) atoms. The molecule has 1 fully saturated rings. The lowest BCUT2D eigenvalue weighted by Gasteiger charge is -2.33. The van der Waals surface area contributed by atoms with E-state index in [2.05, 4.69) is 5.10 Å². The van der Waals surface area contributed by atoms with Gasteiger partial charge in [0.15, 0.2) is 5.03 Å². The fraction of sp³-hybridized carbons (Fsp3) is 0.727. The lowest BCUT2D eigenvalue weighted by atomic mass is 9.93. The Morgan fingerprint density at radius 3 is 2.70 bits per heavy atom. The van der Waals surface area contributed by atoms with Crippen LogP contribution in [-0.4, -0.2) is 41.6 Å². The number of nitrogens with two attached hydrogens (primary N) is 1. The second-order valence-corrected chi connectivity index (χ2v) is 7.31. The van der Waals surface area contributed by atoms with Gasteiger partial charge in [-0.2, -0.15) is 9.40 Å². The van der Waals surface area contributed by atoms with Gasteiger partial charge < -0.3 is 5.73 Å². The van der Waals surface area contributed by atoms with Crippen LogP contribution in [0.5, 0.6) is 0 Å².